The summed E-state index contributed by atoms with van der Waals surface area (Å²) >= 11 is 1.26. The van der Waals surface area contributed by atoms with E-state index in [0.29, 0.717) is 4.88 Å². The van der Waals surface area contributed by atoms with Crippen molar-refractivity contribution in [3.05, 3.63) is 52.0 Å². The fourth-order valence-corrected chi connectivity index (χ4v) is 2.02. The number of halogens is 2. The first-order valence-corrected chi connectivity index (χ1v) is 5.56. The molecule has 0 radical (unpaired) electrons. The third-order valence-electron chi connectivity index (χ3n) is 2.24. The molecule has 16 heavy (non-hydrogen) atoms. The number of rotatable bonds is 3. The molecule has 2 nitrogen and oxygen atoms in total. The Morgan fingerprint density at radius 2 is 2.00 bits per heavy atom. The standard InChI is InChI=1S/C11H9F2NOS/c12-8-2-1-3-9(13)7(8)4-10(15)11-5-14-6-16-11/h1-3,5-6,10,15H,4H2. The van der Waals surface area contributed by atoms with Gasteiger partial charge in [-0.15, -0.1) is 11.3 Å². The molecule has 0 spiro atoms. The first-order chi connectivity index (χ1) is 7.68. The summed E-state index contributed by atoms with van der Waals surface area (Å²) in [5, 5.41) is 9.75. The highest BCUT2D eigenvalue weighted by molar-refractivity contribution is 7.09. The van der Waals surface area contributed by atoms with E-state index in [1.807, 2.05) is 0 Å². The molecule has 1 unspecified atom stereocenters. The molecule has 1 N–H and O–H groups in total. The van der Waals surface area contributed by atoms with Gasteiger partial charge in [-0.1, -0.05) is 6.07 Å². The quantitative estimate of drug-likeness (QED) is 0.896. The van der Waals surface area contributed by atoms with Gasteiger partial charge in [0.15, 0.2) is 0 Å². The highest BCUT2D eigenvalue weighted by atomic mass is 32.1. The molecule has 2 aromatic rings. The first kappa shape index (κ1) is 11.2. The smallest absolute Gasteiger partial charge is 0.129 e. The molecule has 0 aliphatic heterocycles. The summed E-state index contributed by atoms with van der Waals surface area (Å²) in [6.07, 6.45) is 0.494. The minimum atomic E-state index is -0.918. The van der Waals surface area contributed by atoms with Gasteiger partial charge in [0.25, 0.3) is 0 Å². The van der Waals surface area contributed by atoms with Gasteiger partial charge in [0.1, 0.15) is 11.6 Å². The third-order valence-corrected chi connectivity index (χ3v) is 3.12. The summed E-state index contributed by atoms with van der Waals surface area (Å²) in [5.74, 6) is -1.27. The Balaban J connectivity index is 2.21. The van der Waals surface area contributed by atoms with Crippen molar-refractivity contribution in [3.8, 4) is 0 Å². The molecule has 0 saturated carbocycles. The van der Waals surface area contributed by atoms with Crippen molar-refractivity contribution in [3.63, 3.8) is 0 Å². The van der Waals surface area contributed by atoms with Crippen LogP contribution in [0.25, 0.3) is 0 Å². The molecule has 0 saturated heterocycles. The first-order valence-electron chi connectivity index (χ1n) is 4.68. The molecule has 5 heteroatoms. The van der Waals surface area contributed by atoms with E-state index in [4.69, 9.17) is 0 Å². The molecule has 1 atom stereocenters. The number of hydrogen-bond donors (Lipinski definition) is 1. The SMILES string of the molecule is OC(Cc1c(F)cccc1F)c1cncs1. The Kier molecular flexibility index (Phi) is 3.26. The summed E-state index contributed by atoms with van der Waals surface area (Å²) < 4.78 is 26.6. The predicted octanol–water partition coefficient (Wildman–Crippen LogP) is 2.70. The molecule has 1 aromatic carbocycles. The third kappa shape index (κ3) is 2.25. The molecule has 84 valence electrons. The topological polar surface area (TPSA) is 33.1 Å². The lowest BCUT2D eigenvalue weighted by molar-refractivity contribution is 0.179. The molecular weight excluding hydrogens is 232 g/mol. The molecular formula is C11H9F2NOS. The van der Waals surface area contributed by atoms with Gasteiger partial charge in [-0.05, 0) is 12.1 Å². The highest BCUT2D eigenvalue weighted by Crippen LogP contribution is 2.24. The minimum absolute atomic E-state index is 0.0826. The number of hydrogen-bond acceptors (Lipinski definition) is 3. The summed E-state index contributed by atoms with van der Waals surface area (Å²) in [6.45, 7) is 0. The van der Waals surface area contributed by atoms with Gasteiger partial charge in [0, 0.05) is 18.2 Å². The maximum atomic E-state index is 13.3. The molecule has 1 aromatic heterocycles. The number of aliphatic hydroxyl groups is 1. The van der Waals surface area contributed by atoms with Gasteiger partial charge in [-0.25, -0.2) is 8.78 Å². The Morgan fingerprint density at radius 3 is 2.56 bits per heavy atom. The predicted molar refractivity (Wildman–Crippen MR) is 57.1 cm³/mol. The summed E-state index contributed by atoms with van der Waals surface area (Å²) in [7, 11) is 0. The zero-order chi connectivity index (χ0) is 11.5. The van der Waals surface area contributed by atoms with Crippen LogP contribution in [0.5, 0.6) is 0 Å². The molecule has 0 aliphatic carbocycles. The normalized spacial score (nSPS) is 12.7. The molecule has 1 heterocycles. The van der Waals surface area contributed by atoms with Crippen LogP contribution >= 0.6 is 11.3 Å². The average molecular weight is 241 g/mol. The Hall–Kier alpha value is -1.33. The molecule has 0 aliphatic rings. The Labute approximate surface area is 95.2 Å². The second-order valence-corrected chi connectivity index (χ2v) is 4.24. The van der Waals surface area contributed by atoms with E-state index >= 15 is 0 Å². The van der Waals surface area contributed by atoms with Crippen molar-refractivity contribution in [2.75, 3.05) is 0 Å². The second kappa shape index (κ2) is 4.67. The van der Waals surface area contributed by atoms with E-state index in [-0.39, 0.29) is 12.0 Å². The van der Waals surface area contributed by atoms with Crippen molar-refractivity contribution in [2.24, 2.45) is 0 Å². The van der Waals surface area contributed by atoms with Crippen LogP contribution in [0, 0.1) is 11.6 Å². The van der Waals surface area contributed by atoms with Gasteiger partial charge < -0.3 is 5.11 Å². The van der Waals surface area contributed by atoms with Crippen molar-refractivity contribution < 1.29 is 13.9 Å². The van der Waals surface area contributed by atoms with Crippen molar-refractivity contribution in [1.29, 1.82) is 0 Å². The van der Waals surface area contributed by atoms with Gasteiger partial charge >= 0.3 is 0 Å². The fraction of sp³-hybridized carbons (Fsp3) is 0.182. The van der Waals surface area contributed by atoms with E-state index in [1.165, 1.54) is 35.7 Å². The lowest BCUT2D eigenvalue weighted by Gasteiger charge is -2.09. The van der Waals surface area contributed by atoms with Gasteiger partial charge in [-0.2, -0.15) is 0 Å². The van der Waals surface area contributed by atoms with E-state index in [0.717, 1.165) is 0 Å². The van der Waals surface area contributed by atoms with Crippen LogP contribution in [0.15, 0.2) is 29.9 Å². The van der Waals surface area contributed by atoms with Crippen LogP contribution in [0.1, 0.15) is 16.5 Å². The Bertz CT molecular complexity index is 453. The van der Waals surface area contributed by atoms with Crippen molar-refractivity contribution in [2.45, 2.75) is 12.5 Å². The van der Waals surface area contributed by atoms with Crippen LogP contribution in [-0.2, 0) is 6.42 Å². The van der Waals surface area contributed by atoms with Gasteiger partial charge in [0.2, 0.25) is 0 Å². The number of benzene rings is 1. The molecule has 2 rings (SSSR count). The number of aliphatic hydroxyl groups excluding tert-OH is 1. The average Bonchev–Trinajstić information content (AvgIpc) is 2.76. The Morgan fingerprint density at radius 1 is 1.31 bits per heavy atom. The van der Waals surface area contributed by atoms with Crippen molar-refractivity contribution >= 4 is 11.3 Å². The highest BCUT2D eigenvalue weighted by Gasteiger charge is 2.16. The maximum absolute atomic E-state index is 13.3. The largest absolute Gasteiger partial charge is 0.387 e. The minimum Gasteiger partial charge on any atom is -0.387 e. The van der Waals surface area contributed by atoms with Crippen LogP contribution in [0.3, 0.4) is 0 Å². The summed E-state index contributed by atoms with van der Waals surface area (Å²) in [6, 6.07) is 3.66. The fourth-order valence-electron chi connectivity index (χ4n) is 1.41. The summed E-state index contributed by atoms with van der Waals surface area (Å²) in [5.41, 5.74) is 1.47. The van der Waals surface area contributed by atoms with E-state index in [9.17, 15) is 13.9 Å². The van der Waals surface area contributed by atoms with Crippen LogP contribution in [-0.4, -0.2) is 10.1 Å². The molecule has 0 bridgehead atoms. The van der Waals surface area contributed by atoms with E-state index < -0.39 is 17.7 Å². The van der Waals surface area contributed by atoms with Gasteiger partial charge in [-0.3, -0.25) is 4.98 Å². The monoisotopic (exact) mass is 241 g/mol. The zero-order valence-electron chi connectivity index (χ0n) is 8.23. The second-order valence-electron chi connectivity index (χ2n) is 3.32. The van der Waals surface area contributed by atoms with Gasteiger partial charge in [0.05, 0.1) is 16.5 Å². The zero-order valence-corrected chi connectivity index (χ0v) is 9.05. The van der Waals surface area contributed by atoms with Crippen LogP contribution in [0.2, 0.25) is 0 Å². The molecule has 0 fully saturated rings. The number of aromatic nitrogens is 1. The van der Waals surface area contributed by atoms with Crippen LogP contribution < -0.4 is 0 Å². The number of thiazole rings is 1. The summed E-state index contributed by atoms with van der Waals surface area (Å²) in [4.78, 5) is 4.40. The lowest BCUT2D eigenvalue weighted by Crippen LogP contribution is -2.04. The van der Waals surface area contributed by atoms with E-state index in [1.54, 1.807) is 5.51 Å². The van der Waals surface area contributed by atoms with Crippen LogP contribution in [0.4, 0.5) is 8.78 Å². The van der Waals surface area contributed by atoms with E-state index in [2.05, 4.69) is 4.98 Å². The molecule has 0 amide bonds. The maximum Gasteiger partial charge on any atom is 0.129 e. The lowest BCUT2D eigenvalue weighted by atomic mass is 10.1. The van der Waals surface area contributed by atoms with Crippen molar-refractivity contribution in [1.82, 2.24) is 4.98 Å². The number of nitrogens with zero attached hydrogens (tertiary/aromatic N) is 1.